The van der Waals surface area contributed by atoms with Gasteiger partial charge in [0.2, 0.25) is 0 Å². The Morgan fingerprint density at radius 3 is 2.94 bits per heavy atom. The molecule has 3 N–H and O–H groups in total. The first kappa shape index (κ1) is 12.8. The van der Waals surface area contributed by atoms with Crippen LogP contribution in [0.25, 0.3) is 0 Å². The number of H-pyrrole nitrogens is 2. The molecule has 2 aromatic heterocycles. The molecule has 0 aliphatic carbocycles. The van der Waals surface area contributed by atoms with Crippen LogP contribution in [0.4, 0.5) is 0 Å². The minimum Gasteiger partial charge on any atom is -0.341 e. The van der Waals surface area contributed by atoms with Gasteiger partial charge in [-0.15, -0.1) is 11.3 Å². The molecule has 2 aromatic rings. The summed E-state index contributed by atoms with van der Waals surface area (Å²) in [5, 5.41) is 10.4. The molecule has 18 heavy (non-hydrogen) atoms. The number of carbonyl (C=O) groups excluding carboxylic acids is 1. The lowest BCUT2D eigenvalue weighted by Gasteiger charge is -2.08. The van der Waals surface area contributed by atoms with E-state index < -0.39 is 11.7 Å². The fourth-order valence-corrected chi connectivity index (χ4v) is 2.52. The molecule has 0 spiro atoms. The molecule has 96 valence electrons. The van der Waals surface area contributed by atoms with Crippen molar-refractivity contribution in [1.82, 2.24) is 25.5 Å². The summed E-state index contributed by atoms with van der Waals surface area (Å²) in [4.78, 5) is 29.4. The van der Waals surface area contributed by atoms with Crippen LogP contribution in [0, 0.1) is 0 Å². The van der Waals surface area contributed by atoms with E-state index in [2.05, 4.69) is 25.5 Å². The van der Waals surface area contributed by atoms with Gasteiger partial charge in [0.15, 0.2) is 5.82 Å². The molecule has 9 heteroatoms. The molecule has 2 rings (SSSR count). The highest BCUT2D eigenvalue weighted by atomic mass is 32.2. The Morgan fingerprint density at radius 1 is 1.61 bits per heavy atom. The normalized spacial score (nSPS) is 12.3. The van der Waals surface area contributed by atoms with Gasteiger partial charge in [-0.2, -0.15) is 5.10 Å². The third-order valence-corrected chi connectivity index (χ3v) is 4.03. The minimum atomic E-state index is -0.399. The summed E-state index contributed by atoms with van der Waals surface area (Å²) in [6.07, 6.45) is 1.90. The lowest BCUT2D eigenvalue weighted by atomic mass is 10.3. The second-order valence-electron chi connectivity index (χ2n) is 3.46. The van der Waals surface area contributed by atoms with E-state index in [0.29, 0.717) is 11.5 Å². The van der Waals surface area contributed by atoms with Crippen LogP contribution in [0.15, 0.2) is 14.5 Å². The predicted molar refractivity (Wildman–Crippen MR) is 69.0 cm³/mol. The smallest absolute Gasteiger partial charge is 0.340 e. The topological polar surface area (TPSA) is 104 Å². The van der Waals surface area contributed by atoms with Gasteiger partial charge in [-0.05, 0) is 13.2 Å². The molecule has 1 atom stereocenters. The summed E-state index contributed by atoms with van der Waals surface area (Å²) in [6.45, 7) is 1.73. The number of thiazole rings is 1. The van der Waals surface area contributed by atoms with Gasteiger partial charge in [-0.1, -0.05) is 11.8 Å². The van der Waals surface area contributed by atoms with Gasteiger partial charge in [0.1, 0.15) is 10.0 Å². The summed E-state index contributed by atoms with van der Waals surface area (Å²) in [6, 6.07) is -0.393. The Balaban J connectivity index is 2.05. The first-order valence-electron chi connectivity index (χ1n) is 5.05. The maximum absolute atomic E-state index is 11.9. The average molecular weight is 285 g/mol. The number of hydrogen-bond acceptors (Lipinski definition) is 6. The number of thioether (sulfide) groups is 1. The largest absolute Gasteiger partial charge is 0.341 e. The zero-order chi connectivity index (χ0) is 13.1. The van der Waals surface area contributed by atoms with Gasteiger partial charge in [0.05, 0.1) is 6.04 Å². The number of aromatic nitrogens is 4. The monoisotopic (exact) mass is 285 g/mol. The molecule has 0 bridgehead atoms. The molecule has 0 saturated carbocycles. The lowest BCUT2D eigenvalue weighted by Crippen LogP contribution is -2.27. The number of rotatable bonds is 4. The van der Waals surface area contributed by atoms with E-state index in [1.165, 1.54) is 23.1 Å². The second-order valence-corrected chi connectivity index (χ2v) is 5.37. The fourth-order valence-electron chi connectivity index (χ4n) is 1.28. The van der Waals surface area contributed by atoms with Gasteiger partial charge in [-0.3, -0.25) is 9.78 Å². The van der Waals surface area contributed by atoms with Crippen LogP contribution >= 0.6 is 23.1 Å². The first-order chi connectivity index (χ1) is 8.60. The summed E-state index contributed by atoms with van der Waals surface area (Å²) < 4.78 is 0.834. The van der Waals surface area contributed by atoms with Crippen LogP contribution in [0.2, 0.25) is 0 Å². The van der Waals surface area contributed by atoms with Crippen molar-refractivity contribution < 1.29 is 4.79 Å². The standard InChI is InChI=1S/C9H11N5O2S2/c1-4(6-12-8(16)14-13-6)10-7(15)5-3-18-9(11-5)17-2/h3-4H,1-2H3,(H,10,15)(H2,12,13,14,16)/t4-/m0/s1. The Kier molecular flexibility index (Phi) is 3.82. The molecule has 0 saturated heterocycles. The van der Waals surface area contributed by atoms with Crippen LogP contribution in [0.3, 0.4) is 0 Å². The molecule has 7 nitrogen and oxygen atoms in total. The van der Waals surface area contributed by atoms with Gasteiger partial charge in [0, 0.05) is 5.38 Å². The van der Waals surface area contributed by atoms with Gasteiger partial charge in [-0.25, -0.2) is 14.9 Å². The molecule has 0 aliphatic heterocycles. The van der Waals surface area contributed by atoms with Crippen molar-refractivity contribution in [3.05, 3.63) is 27.4 Å². The van der Waals surface area contributed by atoms with E-state index >= 15 is 0 Å². The van der Waals surface area contributed by atoms with Crippen molar-refractivity contribution >= 4 is 29.0 Å². The Bertz CT molecular complexity index is 602. The predicted octanol–water partition coefficient (Wildman–Crippen LogP) is 0.767. The summed E-state index contributed by atoms with van der Waals surface area (Å²) in [5.74, 6) is 0.0940. The highest BCUT2D eigenvalue weighted by molar-refractivity contribution is 8.00. The van der Waals surface area contributed by atoms with Crippen LogP contribution < -0.4 is 11.0 Å². The molecule has 1 amide bonds. The number of aromatic amines is 2. The number of amides is 1. The molecule has 0 aliphatic rings. The quantitative estimate of drug-likeness (QED) is 0.720. The SMILES string of the molecule is CSc1nc(C(=O)N[C@@H](C)c2n[nH]c(=O)[nH]2)cs1. The van der Waals surface area contributed by atoms with E-state index in [-0.39, 0.29) is 5.91 Å². The van der Waals surface area contributed by atoms with Crippen LogP contribution in [0.5, 0.6) is 0 Å². The van der Waals surface area contributed by atoms with Crippen LogP contribution in [-0.4, -0.2) is 32.3 Å². The number of carbonyl (C=O) groups is 1. The zero-order valence-corrected chi connectivity index (χ0v) is 11.3. The Labute approximate surface area is 110 Å². The van der Waals surface area contributed by atoms with Crippen molar-refractivity contribution in [2.75, 3.05) is 6.26 Å². The molecule has 0 radical (unpaired) electrons. The van der Waals surface area contributed by atoms with Gasteiger partial charge < -0.3 is 5.32 Å². The van der Waals surface area contributed by atoms with Crippen LogP contribution in [0.1, 0.15) is 29.3 Å². The first-order valence-corrected chi connectivity index (χ1v) is 7.15. The van der Waals surface area contributed by atoms with E-state index in [9.17, 15) is 9.59 Å². The second kappa shape index (κ2) is 5.36. The van der Waals surface area contributed by atoms with Crippen molar-refractivity contribution in [2.45, 2.75) is 17.3 Å². The maximum atomic E-state index is 11.9. The van der Waals surface area contributed by atoms with E-state index in [1.54, 1.807) is 12.3 Å². The Hall–Kier alpha value is -1.61. The summed E-state index contributed by atoms with van der Waals surface area (Å²) >= 11 is 2.90. The third kappa shape index (κ3) is 2.79. The summed E-state index contributed by atoms with van der Waals surface area (Å²) in [7, 11) is 0. The summed E-state index contributed by atoms with van der Waals surface area (Å²) in [5.41, 5.74) is -0.0292. The molecular formula is C9H11N5O2S2. The fraction of sp³-hybridized carbons (Fsp3) is 0.333. The Morgan fingerprint density at radius 2 is 2.39 bits per heavy atom. The van der Waals surface area contributed by atoms with E-state index in [0.717, 1.165) is 4.34 Å². The highest BCUT2D eigenvalue weighted by Crippen LogP contribution is 2.20. The van der Waals surface area contributed by atoms with Crippen molar-refractivity contribution in [3.63, 3.8) is 0 Å². The van der Waals surface area contributed by atoms with Gasteiger partial charge in [0.25, 0.3) is 5.91 Å². The van der Waals surface area contributed by atoms with Crippen molar-refractivity contribution in [1.29, 1.82) is 0 Å². The molecule has 0 aromatic carbocycles. The average Bonchev–Trinajstić information content (AvgIpc) is 2.97. The van der Waals surface area contributed by atoms with Crippen LogP contribution in [-0.2, 0) is 0 Å². The van der Waals surface area contributed by atoms with Gasteiger partial charge >= 0.3 is 5.69 Å². The minimum absolute atomic E-state index is 0.289. The van der Waals surface area contributed by atoms with Crippen molar-refractivity contribution in [3.8, 4) is 0 Å². The molecular weight excluding hydrogens is 274 g/mol. The molecule has 2 heterocycles. The maximum Gasteiger partial charge on any atom is 0.340 e. The molecule has 0 fully saturated rings. The molecule has 0 unspecified atom stereocenters. The van der Waals surface area contributed by atoms with E-state index in [4.69, 9.17) is 0 Å². The lowest BCUT2D eigenvalue weighted by molar-refractivity contribution is 0.0933. The number of nitrogens with one attached hydrogen (secondary N) is 3. The number of nitrogens with zero attached hydrogens (tertiary/aromatic N) is 2. The number of hydrogen-bond donors (Lipinski definition) is 3. The van der Waals surface area contributed by atoms with E-state index in [1.807, 2.05) is 6.26 Å². The highest BCUT2D eigenvalue weighted by Gasteiger charge is 2.16. The zero-order valence-electron chi connectivity index (χ0n) is 9.68. The van der Waals surface area contributed by atoms with Crippen molar-refractivity contribution in [2.24, 2.45) is 0 Å². The third-order valence-electron chi connectivity index (χ3n) is 2.17.